The van der Waals surface area contributed by atoms with Gasteiger partial charge in [-0.2, -0.15) is 0 Å². The molecule has 0 aromatic heterocycles. The van der Waals surface area contributed by atoms with Crippen molar-refractivity contribution in [1.29, 1.82) is 0 Å². The number of carbonyl (C=O) groups is 2. The molecule has 1 heterocycles. The molecule has 240 valence electrons. The highest BCUT2D eigenvalue weighted by atomic mass is 16.6. The molecule has 0 radical (unpaired) electrons. The highest BCUT2D eigenvalue weighted by Gasteiger charge is 2.47. The van der Waals surface area contributed by atoms with Crippen molar-refractivity contribution in [2.24, 2.45) is 52.8 Å². The second-order valence-electron chi connectivity index (χ2n) is 15.9. The highest BCUT2D eigenvalue weighted by Crippen LogP contribution is 2.53. The van der Waals surface area contributed by atoms with Crippen molar-refractivity contribution >= 4 is 22.7 Å². The lowest BCUT2D eigenvalue weighted by Gasteiger charge is -2.35. The third-order valence-corrected chi connectivity index (χ3v) is 10.7. The van der Waals surface area contributed by atoms with Gasteiger partial charge in [-0.25, -0.2) is 0 Å². The van der Waals surface area contributed by atoms with E-state index in [9.17, 15) is 9.59 Å². The molecule has 5 rings (SSSR count). The van der Waals surface area contributed by atoms with Crippen molar-refractivity contribution in [1.82, 2.24) is 0 Å². The van der Waals surface area contributed by atoms with Crippen LogP contribution in [0.15, 0.2) is 36.4 Å². The molecule has 0 bridgehead atoms. The van der Waals surface area contributed by atoms with Crippen LogP contribution in [0.3, 0.4) is 0 Å². The quantitative estimate of drug-likeness (QED) is 0.238. The Bertz CT molecular complexity index is 1140. The standard InChI is InChI=1S/C18H22.C12H24.C10H16O3/c1-11(2)16-14-9-5-7-13-8-6-10-15(18(13)14)17(16)12(3)4;1-10(2)9-12(11(3)4)7-5-6-8-12;1-5(2)7-8(6(3)4)10(12)13-9(7)11/h5-12,16-17H,1-4H3;10-11H,5-9H2,1-4H3;5-8H,1-4H3. The first-order chi connectivity index (χ1) is 20.1. The maximum absolute atomic E-state index is 11.3. The maximum Gasteiger partial charge on any atom is 0.317 e. The predicted molar refractivity (Wildman–Crippen MR) is 182 cm³/mol. The molecule has 1 saturated heterocycles. The minimum Gasteiger partial charge on any atom is -0.393 e. The van der Waals surface area contributed by atoms with Crippen LogP contribution in [0.4, 0.5) is 0 Å². The Morgan fingerprint density at radius 1 is 0.628 bits per heavy atom. The van der Waals surface area contributed by atoms with Gasteiger partial charge in [0.05, 0.1) is 11.8 Å². The molecule has 1 aliphatic heterocycles. The van der Waals surface area contributed by atoms with Gasteiger partial charge < -0.3 is 4.74 Å². The Hall–Kier alpha value is -2.16. The fraction of sp³-hybridized carbons (Fsp3) is 0.700. The SMILES string of the molecule is CC(C)C1C(=O)OC(=O)C1C(C)C.CC(C)C1c2cccc3cccc(c23)C1C(C)C.CC(C)CC1(C(C)C)CCCC1. The average Bonchev–Trinajstić information content (AvgIpc) is 3.60. The first kappa shape index (κ1) is 35.3. The van der Waals surface area contributed by atoms with E-state index in [0.717, 1.165) is 11.8 Å². The molecule has 4 unspecified atom stereocenters. The van der Waals surface area contributed by atoms with E-state index in [4.69, 9.17) is 0 Å². The van der Waals surface area contributed by atoms with Gasteiger partial charge >= 0.3 is 11.9 Å². The van der Waals surface area contributed by atoms with Crippen LogP contribution >= 0.6 is 0 Å². The summed E-state index contributed by atoms with van der Waals surface area (Å²) in [6.07, 6.45) is 7.38. The highest BCUT2D eigenvalue weighted by molar-refractivity contribution is 5.96. The lowest BCUT2D eigenvalue weighted by atomic mass is 9.70. The topological polar surface area (TPSA) is 43.4 Å². The van der Waals surface area contributed by atoms with E-state index in [2.05, 4.69) is 96.5 Å². The van der Waals surface area contributed by atoms with Crippen LogP contribution in [0.25, 0.3) is 10.8 Å². The molecule has 2 aromatic rings. The first-order valence-corrected chi connectivity index (χ1v) is 17.4. The summed E-state index contributed by atoms with van der Waals surface area (Å²) in [6, 6.07) is 13.6. The molecule has 0 spiro atoms. The summed E-state index contributed by atoms with van der Waals surface area (Å²) in [5, 5.41) is 2.95. The summed E-state index contributed by atoms with van der Waals surface area (Å²) >= 11 is 0. The third-order valence-electron chi connectivity index (χ3n) is 10.7. The Morgan fingerprint density at radius 3 is 1.35 bits per heavy atom. The molecule has 2 aliphatic carbocycles. The molecule has 3 aliphatic rings. The maximum atomic E-state index is 11.3. The molecule has 4 atom stereocenters. The van der Waals surface area contributed by atoms with E-state index in [1.54, 1.807) is 11.1 Å². The van der Waals surface area contributed by atoms with Gasteiger partial charge in [0.1, 0.15) is 0 Å². The van der Waals surface area contributed by atoms with Crippen LogP contribution in [0, 0.1) is 52.8 Å². The normalized spacial score (nSPS) is 24.3. The van der Waals surface area contributed by atoms with Crippen LogP contribution < -0.4 is 0 Å². The summed E-state index contributed by atoms with van der Waals surface area (Å²) < 4.78 is 4.63. The van der Waals surface area contributed by atoms with E-state index >= 15 is 0 Å². The lowest BCUT2D eigenvalue weighted by Crippen LogP contribution is -2.27. The van der Waals surface area contributed by atoms with Gasteiger partial charge in [0, 0.05) is 0 Å². The summed E-state index contributed by atoms with van der Waals surface area (Å²) in [7, 11) is 0. The molecule has 3 nitrogen and oxygen atoms in total. The summed E-state index contributed by atoms with van der Waals surface area (Å²) in [4.78, 5) is 22.6. The van der Waals surface area contributed by atoms with Crippen LogP contribution in [0.2, 0.25) is 0 Å². The molecule has 2 aromatic carbocycles. The van der Waals surface area contributed by atoms with Gasteiger partial charge in [-0.1, -0.05) is 132 Å². The average molecular weight is 591 g/mol. The van der Waals surface area contributed by atoms with Gasteiger partial charge in [-0.15, -0.1) is 0 Å². The monoisotopic (exact) mass is 590 g/mol. The Labute approximate surface area is 263 Å². The number of carbonyl (C=O) groups excluding carboxylic acids is 2. The van der Waals surface area contributed by atoms with Crippen LogP contribution in [0.1, 0.15) is 138 Å². The first-order valence-electron chi connectivity index (χ1n) is 17.4. The molecule has 0 amide bonds. The zero-order chi connectivity index (χ0) is 32.2. The van der Waals surface area contributed by atoms with Gasteiger partial charge in [0.25, 0.3) is 0 Å². The van der Waals surface area contributed by atoms with Crippen molar-refractivity contribution in [3.05, 3.63) is 47.5 Å². The number of benzene rings is 2. The Morgan fingerprint density at radius 2 is 1.02 bits per heavy atom. The van der Waals surface area contributed by atoms with Gasteiger partial charge in [0.15, 0.2) is 0 Å². The number of ether oxygens (including phenoxy) is 1. The molecular weight excluding hydrogens is 528 g/mol. The number of hydrogen-bond donors (Lipinski definition) is 0. The molecule has 1 saturated carbocycles. The predicted octanol–water partition coefficient (Wildman–Crippen LogP) is 11.2. The summed E-state index contributed by atoms with van der Waals surface area (Å²) in [5.41, 5.74) is 3.88. The molecular formula is C40H62O3. The third kappa shape index (κ3) is 7.74. The second-order valence-corrected chi connectivity index (χ2v) is 15.9. The van der Waals surface area contributed by atoms with E-state index in [-0.39, 0.29) is 35.6 Å². The Kier molecular flexibility index (Phi) is 12.1. The minimum atomic E-state index is -0.348. The summed E-state index contributed by atoms with van der Waals surface area (Å²) in [5.74, 6) is 3.71. The zero-order valence-corrected chi connectivity index (χ0v) is 29.5. The molecule has 0 N–H and O–H groups in total. The van der Waals surface area contributed by atoms with Crippen molar-refractivity contribution in [3.8, 4) is 0 Å². The number of esters is 2. The van der Waals surface area contributed by atoms with Crippen molar-refractivity contribution in [3.63, 3.8) is 0 Å². The van der Waals surface area contributed by atoms with Gasteiger partial charge in [-0.05, 0) is 93.9 Å². The number of hydrogen-bond acceptors (Lipinski definition) is 3. The van der Waals surface area contributed by atoms with Crippen molar-refractivity contribution in [2.75, 3.05) is 0 Å². The van der Waals surface area contributed by atoms with E-state index in [1.165, 1.54) is 42.9 Å². The molecule has 43 heavy (non-hydrogen) atoms. The fourth-order valence-corrected chi connectivity index (χ4v) is 8.70. The number of rotatable bonds is 7. The fourth-order valence-electron chi connectivity index (χ4n) is 8.70. The molecule has 3 heteroatoms. The van der Waals surface area contributed by atoms with Gasteiger partial charge in [0.2, 0.25) is 0 Å². The smallest absolute Gasteiger partial charge is 0.317 e. The second kappa shape index (κ2) is 14.7. The van der Waals surface area contributed by atoms with E-state index in [1.807, 2.05) is 27.7 Å². The van der Waals surface area contributed by atoms with E-state index < -0.39 is 0 Å². The van der Waals surface area contributed by atoms with Crippen LogP contribution in [-0.2, 0) is 14.3 Å². The zero-order valence-electron chi connectivity index (χ0n) is 29.5. The number of cyclic esters (lactones) is 2. The van der Waals surface area contributed by atoms with Crippen LogP contribution in [-0.4, -0.2) is 11.9 Å². The Balaban J connectivity index is 0.000000182. The van der Waals surface area contributed by atoms with Crippen LogP contribution in [0.5, 0.6) is 0 Å². The van der Waals surface area contributed by atoms with Crippen molar-refractivity contribution < 1.29 is 14.3 Å². The van der Waals surface area contributed by atoms with Gasteiger partial charge in [-0.3, -0.25) is 9.59 Å². The largest absolute Gasteiger partial charge is 0.393 e. The lowest BCUT2D eigenvalue weighted by molar-refractivity contribution is -0.154. The molecule has 2 fully saturated rings. The minimum absolute atomic E-state index is 0.173. The van der Waals surface area contributed by atoms with Crippen molar-refractivity contribution in [2.45, 2.75) is 127 Å². The van der Waals surface area contributed by atoms with E-state index in [0.29, 0.717) is 29.1 Å². The summed E-state index contributed by atoms with van der Waals surface area (Å²) in [6.45, 7) is 26.8.